The van der Waals surface area contributed by atoms with Gasteiger partial charge in [-0.1, -0.05) is 30.3 Å². The van der Waals surface area contributed by atoms with Crippen LogP contribution in [0.5, 0.6) is 0 Å². The van der Waals surface area contributed by atoms with Gasteiger partial charge in [0.05, 0.1) is 23.0 Å². The number of aldehydes is 1. The van der Waals surface area contributed by atoms with Crippen molar-refractivity contribution in [3.8, 4) is 11.3 Å². The quantitative estimate of drug-likeness (QED) is 0.160. The van der Waals surface area contributed by atoms with Gasteiger partial charge in [0.15, 0.2) is 5.65 Å². The fourth-order valence-corrected chi connectivity index (χ4v) is 5.35. The minimum absolute atomic E-state index is 0.0266. The number of benzene rings is 2. The zero-order valence-electron chi connectivity index (χ0n) is 23.0. The van der Waals surface area contributed by atoms with E-state index in [1.807, 2.05) is 4.68 Å². The minimum atomic E-state index is -4.92. The number of carbonyl (C=O) groups excluding carboxylic acids is 2. The molecule has 1 aliphatic heterocycles. The highest BCUT2D eigenvalue weighted by Gasteiger charge is 2.35. The average molecular weight is 596 g/mol. The standard InChI is InChI=1S/C30H29F4N7O2/c1-2-4-22(16-42)40-12-3-5-21(15-40)41-28-25(27(35)37-17-38-28)26(39-41)19-8-6-18(7-9-19)14-36-29(43)20-10-11-24(31)23(13-20)30(32,33)34/h2,6-11,13,16-17,21-22H,1,3-5,12,14-15H2,(H,36,43)(H2,35,37,38). The van der Waals surface area contributed by atoms with Crippen LogP contribution >= 0.6 is 0 Å². The number of nitrogen functional groups attached to an aromatic ring is 1. The maximum atomic E-state index is 13.6. The second kappa shape index (κ2) is 12.3. The van der Waals surface area contributed by atoms with Crippen molar-refractivity contribution in [2.45, 2.75) is 44.1 Å². The number of hydrogen-bond donors (Lipinski definition) is 2. The predicted octanol–water partition coefficient (Wildman–Crippen LogP) is 4.94. The summed E-state index contributed by atoms with van der Waals surface area (Å²) >= 11 is 0. The predicted molar refractivity (Wildman–Crippen MR) is 152 cm³/mol. The van der Waals surface area contributed by atoms with Crippen molar-refractivity contribution in [1.82, 2.24) is 30.0 Å². The Kier molecular flexibility index (Phi) is 8.53. The summed E-state index contributed by atoms with van der Waals surface area (Å²) in [5.74, 6) is -1.94. The maximum Gasteiger partial charge on any atom is 0.419 e. The first-order valence-electron chi connectivity index (χ1n) is 13.6. The number of nitrogens with zero attached hydrogens (tertiary/aromatic N) is 5. The van der Waals surface area contributed by atoms with Crippen LogP contribution in [0.15, 0.2) is 61.4 Å². The van der Waals surface area contributed by atoms with E-state index in [0.29, 0.717) is 47.4 Å². The first-order chi connectivity index (χ1) is 20.6. The number of anilines is 1. The number of hydrogen-bond acceptors (Lipinski definition) is 7. The zero-order chi connectivity index (χ0) is 30.7. The molecule has 2 aromatic heterocycles. The Labute approximate surface area is 244 Å². The van der Waals surface area contributed by atoms with E-state index in [1.165, 1.54) is 6.33 Å². The second-order valence-electron chi connectivity index (χ2n) is 10.3. The molecule has 0 radical (unpaired) electrons. The van der Waals surface area contributed by atoms with Crippen molar-refractivity contribution in [2.24, 2.45) is 0 Å². The van der Waals surface area contributed by atoms with Crippen LogP contribution in [0.25, 0.3) is 22.3 Å². The summed E-state index contributed by atoms with van der Waals surface area (Å²) in [6.07, 6.45) is 1.42. The van der Waals surface area contributed by atoms with Crippen molar-refractivity contribution >= 4 is 29.0 Å². The zero-order valence-corrected chi connectivity index (χ0v) is 23.0. The highest BCUT2D eigenvalue weighted by molar-refractivity contribution is 5.98. The van der Waals surface area contributed by atoms with E-state index in [9.17, 15) is 27.2 Å². The molecule has 224 valence electrons. The van der Waals surface area contributed by atoms with Gasteiger partial charge in [-0.25, -0.2) is 19.0 Å². The van der Waals surface area contributed by atoms with Gasteiger partial charge in [0, 0.05) is 24.2 Å². The van der Waals surface area contributed by atoms with Gasteiger partial charge in [-0.2, -0.15) is 18.3 Å². The Morgan fingerprint density at radius 1 is 1.19 bits per heavy atom. The smallest absolute Gasteiger partial charge is 0.383 e. The van der Waals surface area contributed by atoms with Gasteiger partial charge in [-0.15, -0.1) is 6.58 Å². The van der Waals surface area contributed by atoms with Crippen LogP contribution in [0.3, 0.4) is 0 Å². The van der Waals surface area contributed by atoms with Crippen molar-refractivity contribution in [1.29, 1.82) is 0 Å². The van der Waals surface area contributed by atoms with E-state index in [2.05, 4.69) is 26.8 Å². The van der Waals surface area contributed by atoms with E-state index in [4.69, 9.17) is 10.8 Å². The van der Waals surface area contributed by atoms with E-state index in [1.54, 1.807) is 30.3 Å². The lowest BCUT2D eigenvalue weighted by atomic mass is 10.0. The molecule has 43 heavy (non-hydrogen) atoms. The average Bonchev–Trinajstić information content (AvgIpc) is 3.39. The summed E-state index contributed by atoms with van der Waals surface area (Å²) in [4.78, 5) is 34.9. The Morgan fingerprint density at radius 2 is 1.95 bits per heavy atom. The number of aromatic nitrogens is 4. The molecule has 1 fully saturated rings. The lowest BCUT2D eigenvalue weighted by Gasteiger charge is -2.35. The molecule has 0 aliphatic carbocycles. The van der Waals surface area contributed by atoms with Crippen molar-refractivity contribution in [2.75, 3.05) is 18.8 Å². The molecule has 3 N–H and O–H groups in total. The molecule has 5 rings (SSSR count). The number of piperidine rings is 1. The summed E-state index contributed by atoms with van der Waals surface area (Å²) in [7, 11) is 0. The number of alkyl halides is 3. The number of rotatable bonds is 9. The third kappa shape index (κ3) is 6.26. The molecule has 2 aromatic carbocycles. The molecule has 13 heteroatoms. The number of nitrogens with two attached hydrogens (primary N) is 1. The topological polar surface area (TPSA) is 119 Å². The fraction of sp³-hybridized carbons (Fsp3) is 0.300. The van der Waals surface area contributed by atoms with Gasteiger partial charge >= 0.3 is 6.18 Å². The fourth-order valence-electron chi connectivity index (χ4n) is 5.35. The first kappa shape index (κ1) is 29.8. The summed E-state index contributed by atoms with van der Waals surface area (Å²) in [6, 6.07) is 8.88. The van der Waals surface area contributed by atoms with E-state index in [0.717, 1.165) is 37.3 Å². The molecule has 0 saturated carbocycles. The van der Waals surface area contributed by atoms with Crippen LogP contribution in [0, 0.1) is 5.82 Å². The number of likely N-dealkylation sites (tertiary alicyclic amines) is 1. The molecule has 2 unspecified atom stereocenters. The van der Waals surface area contributed by atoms with E-state index >= 15 is 0 Å². The lowest BCUT2D eigenvalue weighted by molar-refractivity contribution is -0.140. The third-order valence-electron chi connectivity index (χ3n) is 7.54. The van der Waals surface area contributed by atoms with E-state index < -0.39 is 23.5 Å². The van der Waals surface area contributed by atoms with E-state index in [-0.39, 0.29) is 30.0 Å². The summed E-state index contributed by atoms with van der Waals surface area (Å²) < 4.78 is 54.5. The number of nitrogens with one attached hydrogen (secondary N) is 1. The Balaban J connectivity index is 1.36. The number of carbonyl (C=O) groups is 2. The molecule has 1 amide bonds. The lowest BCUT2D eigenvalue weighted by Crippen LogP contribution is -2.44. The SMILES string of the molecule is C=CCC(C=O)N1CCCC(n2nc(-c3ccc(CNC(=O)c4ccc(F)c(C(F)(F)F)c4)cc3)c3c(N)ncnc32)C1. The van der Waals surface area contributed by atoms with Crippen LogP contribution in [-0.2, 0) is 17.5 Å². The van der Waals surface area contributed by atoms with Gasteiger partial charge in [-0.05, 0) is 49.6 Å². The molecule has 0 bridgehead atoms. The third-order valence-corrected chi connectivity index (χ3v) is 7.54. The molecule has 0 spiro atoms. The monoisotopic (exact) mass is 595 g/mol. The Bertz CT molecular complexity index is 1650. The van der Waals surface area contributed by atoms with Crippen LogP contribution in [0.2, 0.25) is 0 Å². The van der Waals surface area contributed by atoms with Crippen molar-refractivity contribution in [3.05, 3.63) is 84.0 Å². The normalized spacial score (nSPS) is 16.6. The maximum absolute atomic E-state index is 13.6. The molecular weight excluding hydrogens is 566 g/mol. The molecule has 3 heterocycles. The van der Waals surface area contributed by atoms with Gasteiger partial charge in [0.2, 0.25) is 0 Å². The Morgan fingerprint density at radius 3 is 2.65 bits per heavy atom. The minimum Gasteiger partial charge on any atom is -0.383 e. The van der Waals surface area contributed by atoms with Gasteiger partial charge < -0.3 is 15.8 Å². The van der Waals surface area contributed by atoms with Crippen LogP contribution < -0.4 is 11.1 Å². The molecular formula is C30H29F4N7O2. The first-order valence-corrected chi connectivity index (χ1v) is 13.6. The summed E-state index contributed by atoms with van der Waals surface area (Å²) in [5, 5.41) is 8.05. The molecule has 9 nitrogen and oxygen atoms in total. The molecule has 4 aromatic rings. The molecule has 2 atom stereocenters. The van der Waals surface area contributed by atoms with Gasteiger partial charge in [-0.3, -0.25) is 9.69 Å². The molecule has 1 aliphatic rings. The van der Waals surface area contributed by atoms with Crippen LogP contribution in [-0.4, -0.2) is 56.0 Å². The molecule has 1 saturated heterocycles. The number of halogens is 4. The highest BCUT2D eigenvalue weighted by Crippen LogP contribution is 2.35. The van der Waals surface area contributed by atoms with Crippen molar-refractivity contribution < 1.29 is 27.2 Å². The largest absolute Gasteiger partial charge is 0.419 e. The van der Waals surface area contributed by atoms with Crippen LogP contribution in [0.4, 0.5) is 23.4 Å². The second-order valence-corrected chi connectivity index (χ2v) is 10.3. The summed E-state index contributed by atoms with van der Waals surface area (Å²) in [6.45, 7) is 5.18. The number of amides is 1. The Hall–Kier alpha value is -4.65. The summed E-state index contributed by atoms with van der Waals surface area (Å²) in [5.41, 5.74) is 7.02. The van der Waals surface area contributed by atoms with Crippen molar-refractivity contribution in [3.63, 3.8) is 0 Å². The van der Waals surface area contributed by atoms with Gasteiger partial charge in [0.25, 0.3) is 5.91 Å². The number of fused-ring (bicyclic) bond motifs is 1. The highest BCUT2D eigenvalue weighted by atomic mass is 19.4. The van der Waals surface area contributed by atoms with Crippen LogP contribution in [0.1, 0.15) is 46.8 Å². The van der Waals surface area contributed by atoms with Gasteiger partial charge in [0.1, 0.15) is 29.9 Å².